The maximum atomic E-state index is 11.2. The smallest absolute Gasteiger partial charge is 0.267 e. The Morgan fingerprint density at radius 1 is 1.21 bits per heavy atom. The van der Waals surface area contributed by atoms with E-state index < -0.39 is 27.2 Å². The molecule has 0 saturated carbocycles. The van der Waals surface area contributed by atoms with Crippen LogP contribution in [-0.4, -0.2) is 30.5 Å². The van der Waals surface area contributed by atoms with Crippen molar-refractivity contribution in [3.63, 3.8) is 0 Å². The molecular weight excluding hydrogens is 210 g/mol. The lowest BCUT2D eigenvalue weighted by Gasteiger charge is -2.14. The second-order valence-corrected chi connectivity index (χ2v) is 5.00. The summed E-state index contributed by atoms with van der Waals surface area (Å²) in [6, 6.07) is 0. The van der Waals surface area contributed by atoms with Crippen LogP contribution >= 0.6 is 0 Å². The van der Waals surface area contributed by atoms with Crippen LogP contribution in [0.3, 0.4) is 0 Å². The van der Waals surface area contributed by atoms with Crippen molar-refractivity contribution in [2.24, 2.45) is 0 Å². The minimum absolute atomic E-state index is 0.218. The van der Waals surface area contributed by atoms with Gasteiger partial charge in [-0.15, -0.1) is 9.35 Å². The summed E-state index contributed by atoms with van der Waals surface area (Å²) in [4.78, 5) is 21.8. The molecule has 0 radical (unpaired) electrons. The lowest BCUT2D eigenvalue weighted by Crippen LogP contribution is -2.35. The van der Waals surface area contributed by atoms with E-state index >= 15 is 0 Å². The first-order chi connectivity index (χ1) is 6.34. The summed E-state index contributed by atoms with van der Waals surface area (Å²) < 4.78 is 26.7. The number of carbonyl (C=O) groups is 2. The van der Waals surface area contributed by atoms with Gasteiger partial charge in [0, 0.05) is 12.2 Å². The zero-order valence-corrected chi connectivity index (χ0v) is 8.45. The molecule has 0 unspecified atom stereocenters. The molecular formula is C7H9NO5S. The molecule has 6 nitrogen and oxygen atoms in total. The van der Waals surface area contributed by atoms with Crippen LogP contribution in [0.15, 0.2) is 12.2 Å². The molecule has 0 aromatic carbocycles. The van der Waals surface area contributed by atoms with E-state index in [1.165, 1.54) is 13.8 Å². The van der Waals surface area contributed by atoms with Gasteiger partial charge < -0.3 is 0 Å². The van der Waals surface area contributed by atoms with Gasteiger partial charge in [0.05, 0.1) is 5.25 Å². The SMILES string of the molecule is CC(C)S(=O)(=O)ON1C(=O)C=CC1=O. The molecule has 0 saturated heterocycles. The van der Waals surface area contributed by atoms with Gasteiger partial charge in [-0.05, 0) is 13.8 Å². The van der Waals surface area contributed by atoms with Crippen LogP contribution in [0.4, 0.5) is 0 Å². The Balaban J connectivity index is 2.81. The highest BCUT2D eigenvalue weighted by molar-refractivity contribution is 7.87. The van der Waals surface area contributed by atoms with Gasteiger partial charge in [-0.25, -0.2) is 0 Å². The van der Waals surface area contributed by atoms with Gasteiger partial charge in [0.1, 0.15) is 0 Å². The number of imide groups is 1. The van der Waals surface area contributed by atoms with Crippen molar-refractivity contribution >= 4 is 21.9 Å². The lowest BCUT2D eigenvalue weighted by atomic mass is 10.6. The number of rotatable bonds is 3. The Bertz CT molecular complexity index is 376. The first kappa shape index (κ1) is 10.9. The number of nitrogens with zero attached hydrogens (tertiary/aromatic N) is 1. The minimum Gasteiger partial charge on any atom is -0.267 e. The molecule has 0 spiro atoms. The van der Waals surface area contributed by atoms with Crippen LogP contribution in [0.25, 0.3) is 0 Å². The predicted octanol–water partition coefficient (Wildman–Crippen LogP) is -0.419. The Morgan fingerprint density at radius 3 is 2.00 bits per heavy atom. The fourth-order valence-corrected chi connectivity index (χ4v) is 1.18. The van der Waals surface area contributed by atoms with Crippen molar-refractivity contribution in [1.82, 2.24) is 5.06 Å². The summed E-state index contributed by atoms with van der Waals surface area (Å²) in [5.74, 6) is -1.58. The van der Waals surface area contributed by atoms with Crippen molar-refractivity contribution in [3.05, 3.63) is 12.2 Å². The molecule has 0 aromatic heterocycles. The van der Waals surface area contributed by atoms with Crippen molar-refractivity contribution < 1.29 is 22.3 Å². The van der Waals surface area contributed by atoms with E-state index in [-0.39, 0.29) is 5.06 Å². The van der Waals surface area contributed by atoms with Gasteiger partial charge in [0.2, 0.25) is 0 Å². The molecule has 0 N–H and O–H groups in total. The molecule has 1 rings (SSSR count). The molecule has 0 fully saturated rings. The summed E-state index contributed by atoms with van der Waals surface area (Å²) in [6.07, 6.45) is 1.89. The van der Waals surface area contributed by atoms with Crippen molar-refractivity contribution in [3.8, 4) is 0 Å². The van der Waals surface area contributed by atoms with Gasteiger partial charge >= 0.3 is 0 Å². The zero-order valence-electron chi connectivity index (χ0n) is 7.63. The van der Waals surface area contributed by atoms with Crippen LogP contribution in [0.1, 0.15) is 13.8 Å². The van der Waals surface area contributed by atoms with Gasteiger partial charge in [0.25, 0.3) is 21.9 Å². The summed E-state index contributed by atoms with van der Waals surface area (Å²) >= 11 is 0. The Kier molecular flexibility index (Phi) is 2.72. The number of hydrogen-bond acceptors (Lipinski definition) is 5. The predicted molar refractivity (Wildman–Crippen MR) is 46.1 cm³/mol. The Morgan fingerprint density at radius 2 is 1.64 bits per heavy atom. The minimum atomic E-state index is -3.90. The molecule has 7 heteroatoms. The number of hydrogen-bond donors (Lipinski definition) is 0. The van der Waals surface area contributed by atoms with Crippen LogP contribution in [0, 0.1) is 0 Å². The Hall–Kier alpha value is -1.21. The molecule has 2 amide bonds. The van der Waals surface area contributed by atoms with Crippen LogP contribution in [0.5, 0.6) is 0 Å². The van der Waals surface area contributed by atoms with Gasteiger partial charge in [-0.2, -0.15) is 8.42 Å². The van der Waals surface area contributed by atoms with Crippen LogP contribution in [-0.2, 0) is 24.0 Å². The molecule has 1 aliphatic heterocycles. The van der Waals surface area contributed by atoms with E-state index in [9.17, 15) is 18.0 Å². The highest BCUT2D eigenvalue weighted by Gasteiger charge is 2.31. The zero-order chi connectivity index (χ0) is 10.9. The van der Waals surface area contributed by atoms with Crippen LogP contribution in [0.2, 0.25) is 0 Å². The average molecular weight is 219 g/mol. The Labute approximate surface area is 81.2 Å². The average Bonchev–Trinajstić information content (AvgIpc) is 2.35. The summed E-state index contributed by atoms with van der Waals surface area (Å²) in [5, 5.41) is -0.598. The third kappa shape index (κ3) is 1.99. The maximum absolute atomic E-state index is 11.2. The third-order valence-electron chi connectivity index (χ3n) is 1.52. The molecule has 0 atom stereocenters. The van der Waals surface area contributed by atoms with E-state index in [1.54, 1.807) is 0 Å². The highest BCUT2D eigenvalue weighted by atomic mass is 32.2. The lowest BCUT2D eigenvalue weighted by molar-refractivity contribution is -0.161. The second-order valence-electron chi connectivity index (χ2n) is 2.92. The number of hydroxylamine groups is 2. The number of amides is 2. The van der Waals surface area contributed by atoms with E-state index in [4.69, 9.17) is 0 Å². The summed E-state index contributed by atoms with van der Waals surface area (Å²) in [6.45, 7) is 2.77. The molecule has 1 heterocycles. The largest absolute Gasteiger partial charge is 0.290 e. The summed E-state index contributed by atoms with van der Waals surface area (Å²) in [7, 11) is -3.90. The fourth-order valence-electron chi connectivity index (χ4n) is 0.650. The quantitative estimate of drug-likeness (QED) is 0.602. The molecule has 0 aliphatic carbocycles. The monoisotopic (exact) mass is 219 g/mol. The second kappa shape index (κ2) is 3.50. The molecule has 14 heavy (non-hydrogen) atoms. The fraction of sp³-hybridized carbons (Fsp3) is 0.429. The van der Waals surface area contributed by atoms with Crippen molar-refractivity contribution in [1.29, 1.82) is 0 Å². The standard InChI is InChI=1S/C7H9NO5S/c1-5(2)14(11,12)13-8-6(9)3-4-7(8)10/h3-5H,1-2H3. The topological polar surface area (TPSA) is 80.8 Å². The number of carbonyl (C=O) groups excluding carboxylic acids is 2. The van der Waals surface area contributed by atoms with Gasteiger partial charge in [-0.1, -0.05) is 0 Å². The molecule has 0 bridgehead atoms. The normalized spacial score (nSPS) is 17.2. The molecule has 78 valence electrons. The van der Waals surface area contributed by atoms with E-state index in [0.29, 0.717) is 0 Å². The van der Waals surface area contributed by atoms with E-state index in [1.807, 2.05) is 0 Å². The first-order valence-electron chi connectivity index (χ1n) is 3.84. The van der Waals surface area contributed by atoms with Crippen LogP contribution < -0.4 is 0 Å². The molecule has 1 aliphatic rings. The van der Waals surface area contributed by atoms with Crippen molar-refractivity contribution in [2.75, 3.05) is 0 Å². The van der Waals surface area contributed by atoms with E-state index in [0.717, 1.165) is 12.2 Å². The summed E-state index contributed by atoms with van der Waals surface area (Å²) in [5.41, 5.74) is 0. The first-order valence-corrected chi connectivity index (χ1v) is 5.31. The van der Waals surface area contributed by atoms with Gasteiger partial charge in [0.15, 0.2) is 0 Å². The highest BCUT2D eigenvalue weighted by Crippen LogP contribution is 2.11. The maximum Gasteiger partial charge on any atom is 0.290 e. The third-order valence-corrected chi connectivity index (χ3v) is 3.04. The van der Waals surface area contributed by atoms with Gasteiger partial charge in [-0.3, -0.25) is 9.59 Å². The van der Waals surface area contributed by atoms with Crippen molar-refractivity contribution in [2.45, 2.75) is 19.1 Å². The van der Waals surface area contributed by atoms with E-state index in [2.05, 4.69) is 4.28 Å². The molecule has 0 aromatic rings.